The summed E-state index contributed by atoms with van der Waals surface area (Å²) in [6.45, 7) is -3.06. The van der Waals surface area contributed by atoms with Gasteiger partial charge in [0.05, 0.1) is 6.20 Å². The number of amides is 1. The fraction of sp³-hybridized carbons (Fsp3) is 0.143. The molecule has 110 valence electrons. The second-order valence-electron chi connectivity index (χ2n) is 3.93. The Morgan fingerprint density at radius 3 is 2.57 bits per heavy atom. The number of nitrogens with one attached hydrogen (secondary N) is 1. The lowest BCUT2D eigenvalue weighted by atomic mass is 10.3. The highest BCUT2D eigenvalue weighted by Crippen LogP contribution is 2.17. The molecule has 1 amide bonds. The Kier molecular flexibility index (Phi) is 5.03. The van der Waals surface area contributed by atoms with Crippen molar-refractivity contribution in [2.24, 2.45) is 0 Å². The van der Waals surface area contributed by atoms with Crippen LogP contribution in [-0.2, 0) is 4.79 Å². The maximum atomic E-state index is 12.0. The molecule has 0 fully saturated rings. The lowest BCUT2D eigenvalue weighted by Crippen LogP contribution is -2.20. The number of nitrogens with zero attached hydrogens (tertiary/aromatic N) is 1. The molecule has 1 aromatic carbocycles. The third kappa shape index (κ3) is 5.06. The number of hydrogen-bond donors (Lipinski definition) is 1. The van der Waals surface area contributed by atoms with Crippen molar-refractivity contribution in [3.05, 3.63) is 48.8 Å². The van der Waals surface area contributed by atoms with Crippen LogP contribution in [0.3, 0.4) is 0 Å². The molecule has 1 N–H and O–H groups in total. The van der Waals surface area contributed by atoms with Crippen LogP contribution in [0.2, 0.25) is 0 Å². The van der Waals surface area contributed by atoms with E-state index in [1.54, 1.807) is 18.3 Å². The molecule has 0 atom stereocenters. The van der Waals surface area contributed by atoms with Gasteiger partial charge in [0.2, 0.25) is 0 Å². The van der Waals surface area contributed by atoms with E-state index in [0.717, 1.165) is 0 Å². The minimum absolute atomic E-state index is 0.0228. The number of anilines is 1. The number of aromatic nitrogens is 1. The minimum atomic E-state index is -2.88. The molecule has 1 aromatic heterocycles. The predicted molar refractivity (Wildman–Crippen MR) is 71.4 cm³/mol. The van der Waals surface area contributed by atoms with Crippen LogP contribution >= 0.6 is 0 Å². The van der Waals surface area contributed by atoms with Crippen LogP contribution in [0.1, 0.15) is 0 Å². The first-order chi connectivity index (χ1) is 10.1. The summed E-state index contributed by atoms with van der Waals surface area (Å²) >= 11 is 0. The minimum Gasteiger partial charge on any atom is -0.482 e. The molecule has 0 saturated carbocycles. The lowest BCUT2D eigenvalue weighted by molar-refractivity contribution is -0.118. The fourth-order valence-electron chi connectivity index (χ4n) is 1.50. The van der Waals surface area contributed by atoms with Crippen molar-refractivity contribution >= 4 is 11.6 Å². The summed E-state index contributed by atoms with van der Waals surface area (Å²) in [4.78, 5) is 15.5. The van der Waals surface area contributed by atoms with Crippen LogP contribution in [0.4, 0.5) is 14.5 Å². The molecule has 0 unspecified atom stereocenters. The van der Waals surface area contributed by atoms with E-state index in [-0.39, 0.29) is 18.3 Å². The van der Waals surface area contributed by atoms with E-state index < -0.39 is 6.61 Å². The SMILES string of the molecule is O=C(COc1cccnc1)Nc1ccc(OC(F)F)cc1. The van der Waals surface area contributed by atoms with Crippen molar-refractivity contribution in [1.29, 1.82) is 0 Å². The molecule has 1 heterocycles. The monoisotopic (exact) mass is 294 g/mol. The van der Waals surface area contributed by atoms with Crippen molar-refractivity contribution in [3.63, 3.8) is 0 Å². The van der Waals surface area contributed by atoms with E-state index >= 15 is 0 Å². The normalized spacial score (nSPS) is 10.2. The molecule has 21 heavy (non-hydrogen) atoms. The molecule has 7 heteroatoms. The number of carbonyl (C=O) groups excluding carboxylic acids is 1. The molecule has 0 aliphatic heterocycles. The Morgan fingerprint density at radius 1 is 1.19 bits per heavy atom. The quantitative estimate of drug-likeness (QED) is 0.890. The van der Waals surface area contributed by atoms with Crippen LogP contribution in [0, 0.1) is 0 Å². The van der Waals surface area contributed by atoms with E-state index in [1.165, 1.54) is 30.5 Å². The zero-order valence-corrected chi connectivity index (χ0v) is 10.8. The topological polar surface area (TPSA) is 60.5 Å². The summed E-state index contributed by atoms with van der Waals surface area (Å²) in [5, 5.41) is 2.57. The second kappa shape index (κ2) is 7.18. The van der Waals surface area contributed by atoms with Gasteiger partial charge in [0.25, 0.3) is 5.91 Å². The van der Waals surface area contributed by atoms with Crippen molar-refractivity contribution in [2.75, 3.05) is 11.9 Å². The van der Waals surface area contributed by atoms with Crippen LogP contribution in [-0.4, -0.2) is 24.1 Å². The molecule has 2 aromatic rings. The number of hydrogen-bond acceptors (Lipinski definition) is 4. The molecular formula is C14H12F2N2O3. The number of halogens is 2. The van der Waals surface area contributed by atoms with Gasteiger partial charge in [-0.1, -0.05) is 0 Å². The van der Waals surface area contributed by atoms with Gasteiger partial charge in [0, 0.05) is 11.9 Å². The third-order valence-electron chi connectivity index (χ3n) is 2.37. The Bertz CT molecular complexity index is 577. The summed E-state index contributed by atoms with van der Waals surface area (Å²) < 4.78 is 33.4. The smallest absolute Gasteiger partial charge is 0.387 e. The van der Waals surface area contributed by atoms with E-state index in [1.807, 2.05) is 0 Å². The Morgan fingerprint density at radius 2 is 1.95 bits per heavy atom. The van der Waals surface area contributed by atoms with Gasteiger partial charge in [-0.05, 0) is 36.4 Å². The molecule has 2 rings (SSSR count). The maximum absolute atomic E-state index is 12.0. The number of ether oxygens (including phenoxy) is 2. The molecule has 5 nitrogen and oxygen atoms in total. The van der Waals surface area contributed by atoms with Gasteiger partial charge in [-0.15, -0.1) is 0 Å². The van der Waals surface area contributed by atoms with Crippen LogP contribution < -0.4 is 14.8 Å². The summed E-state index contributed by atoms with van der Waals surface area (Å²) in [5.74, 6) is 0.129. The second-order valence-corrected chi connectivity index (χ2v) is 3.93. The predicted octanol–water partition coefficient (Wildman–Crippen LogP) is 2.70. The van der Waals surface area contributed by atoms with E-state index in [4.69, 9.17) is 4.74 Å². The number of alkyl halides is 2. The highest BCUT2D eigenvalue weighted by atomic mass is 19.3. The zero-order chi connectivity index (χ0) is 15.1. The van der Waals surface area contributed by atoms with Gasteiger partial charge in [-0.2, -0.15) is 8.78 Å². The van der Waals surface area contributed by atoms with E-state index in [0.29, 0.717) is 11.4 Å². The average molecular weight is 294 g/mol. The zero-order valence-electron chi connectivity index (χ0n) is 10.8. The number of rotatable bonds is 6. The van der Waals surface area contributed by atoms with Crippen LogP contribution in [0.25, 0.3) is 0 Å². The van der Waals surface area contributed by atoms with Gasteiger partial charge in [-0.3, -0.25) is 9.78 Å². The first kappa shape index (κ1) is 14.7. The Labute approximate surface area is 119 Å². The Balaban J connectivity index is 1.82. The summed E-state index contributed by atoms with van der Waals surface area (Å²) in [5.41, 5.74) is 0.455. The molecule has 0 aliphatic rings. The van der Waals surface area contributed by atoms with E-state index in [2.05, 4.69) is 15.0 Å². The third-order valence-corrected chi connectivity index (χ3v) is 2.37. The number of pyridine rings is 1. The summed E-state index contributed by atoms with van der Waals surface area (Å²) in [6, 6.07) is 8.96. The van der Waals surface area contributed by atoms with Gasteiger partial charge in [0.1, 0.15) is 11.5 Å². The van der Waals surface area contributed by atoms with Crippen molar-refractivity contribution in [2.45, 2.75) is 6.61 Å². The standard InChI is InChI=1S/C14H12F2N2O3/c15-14(16)21-11-5-3-10(4-6-11)18-13(19)9-20-12-2-1-7-17-8-12/h1-8,14H,9H2,(H,18,19). The molecule has 0 spiro atoms. The summed E-state index contributed by atoms with van der Waals surface area (Å²) in [6.07, 6.45) is 3.08. The summed E-state index contributed by atoms with van der Waals surface area (Å²) in [7, 11) is 0. The maximum Gasteiger partial charge on any atom is 0.387 e. The van der Waals surface area contributed by atoms with Gasteiger partial charge < -0.3 is 14.8 Å². The first-order valence-electron chi connectivity index (χ1n) is 6.01. The molecule has 0 aliphatic carbocycles. The average Bonchev–Trinajstić information content (AvgIpc) is 2.48. The molecule has 0 radical (unpaired) electrons. The molecule has 0 bridgehead atoms. The van der Waals surface area contributed by atoms with Crippen molar-refractivity contribution in [1.82, 2.24) is 4.98 Å². The highest BCUT2D eigenvalue weighted by Gasteiger charge is 2.06. The molecular weight excluding hydrogens is 282 g/mol. The molecule has 0 saturated heterocycles. The van der Waals surface area contributed by atoms with Gasteiger partial charge >= 0.3 is 6.61 Å². The van der Waals surface area contributed by atoms with Gasteiger partial charge in [0.15, 0.2) is 6.61 Å². The highest BCUT2D eigenvalue weighted by molar-refractivity contribution is 5.91. The van der Waals surface area contributed by atoms with Crippen LogP contribution in [0.15, 0.2) is 48.8 Å². The van der Waals surface area contributed by atoms with E-state index in [9.17, 15) is 13.6 Å². The number of carbonyl (C=O) groups is 1. The van der Waals surface area contributed by atoms with Crippen molar-refractivity contribution in [3.8, 4) is 11.5 Å². The Hall–Kier alpha value is -2.70. The van der Waals surface area contributed by atoms with Crippen LogP contribution in [0.5, 0.6) is 11.5 Å². The lowest BCUT2D eigenvalue weighted by Gasteiger charge is -2.08. The number of benzene rings is 1. The fourth-order valence-corrected chi connectivity index (χ4v) is 1.50. The van der Waals surface area contributed by atoms with Crippen molar-refractivity contribution < 1.29 is 23.0 Å². The first-order valence-corrected chi connectivity index (χ1v) is 6.01. The van der Waals surface area contributed by atoms with Gasteiger partial charge in [-0.25, -0.2) is 0 Å². The largest absolute Gasteiger partial charge is 0.482 e.